The van der Waals surface area contributed by atoms with Gasteiger partial charge in [-0.1, -0.05) is 23.2 Å². The maximum Gasteiger partial charge on any atom is 0.264 e. The molecule has 0 saturated heterocycles. The summed E-state index contributed by atoms with van der Waals surface area (Å²) < 4.78 is 26.8. The van der Waals surface area contributed by atoms with Crippen LogP contribution in [0.3, 0.4) is 0 Å². The molecule has 0 radical (unpaired) electrons. The van der Waals surface area contributed by atoms with Crippen LogP contribution in [0.4, 0.5) is 11.5 Å². The minimum Gasteiger partial charge on any atom is -0.384 e. The first-order chi connectivity index (χ1) is 8.38. The van der Waals surface area contributed by atoms with Crippen molar-refractivity contribution in [3.63, 3.8) is 0 Å². The SMILES string of the molecule is Nc1ccc(NS(=O)(=O)c2cc(Cl)sc2Cl)cn1. The topological polar surface area (TPSA) is 85.1 Å². The van der Waals surface area contributed by atoms with Gasteiger partial charge in [-0.15, -0.1) is 11.3 Å². The molecule has 0 aromatic carbocycles. The zero-order valence-corrected chi connectivity index (χ0v) is 11.9. The average Bonchev–Trinajstić information content (AvgIpc) is 2.62. The van der Waals surface area contributed by atoms with E-state index in [0.717, 1.165) is 11.3 Å². The number of nitrogens with zero attached hydrogens (tertiary/aromatic N) is 1. The zero-order valence-electron chi connectivity index (χ0n) is 8.72. The first-order valence-electron chi connectivity index (χ1n) is 4.57. The minimum atomic E-state index is -3.77. The van der Waals surface area contributed by atoms with Crippen LogP contribution in [0.15, 0.2) is 29.3 Å². The number of nitrogens with one attached hydrogen (secondary N) is 1. The van der Waals surface area contributed by atoms with Gasteiger partial charge in [-0.3, -0.25) is 4.72 Å². The Balaban J connectivity index is 2.33. The van der Waals surface area contributed by atoms with E-state index in [9.17, 15) is 8.42 Å². The summed E-state index contributed by atoms with van der Waals surface area (Å²) in [6.45, 7) is 0. The van der Waals surface area contributed by atoms with Gasteiger partial charge in [0.1, 0.15) is 15.0 Å². The van der Waals surface area contributed by atoms with E-state index >= 15 is 0 Å². The van der Waals surface area contributed by atoms with E-state index in [1.807, 2.05) is 0 Å². The van der Waals surface area contributed by atoms with Crippen molar-refractivity contribution in [2.75, 3.05) is 10.5 Å². The molecule has 0 aliphatic rings. The van der Waals surface area contributed by atoms with E-state index in [4.69, 9.17) is 28.9 Å². The van der Waals surface area contributed by atoms with Crippen LogP contribution in [0, 0.1) is 0 Å². The molecule has 0 aliphatic carbocycles. The first-order valence-corrected chi connectivity index (χ1v) is 7.63. The van der Waals surface area contributed by atoms with Gasteiger partial charge in [-0.2, -0.15) is 0 Å². The molecule has 2 aromatic heterocycles. The van der Waals surface area contributed by atoms with Crippen LogP contribution in [-0.4, -0.2) is 13.4 Å². The van der Waals surface area contributed by atoms with Gasteiger partial charge in [0.25, 0.3) is 10.0 Å². The van der Waals surface area contributed by atoms with Gasteiger partial charge in [0.05, 0.1) is 16.2 Å². The molecule has 0 unspecified atom stereocenters. The third-order valence-corrected chi connectivity index (χ3v) is 5.09. The highest BCUT2D eigenvalue weighted by Crippen LogP contribution is 2.34. The monoisotopic (exact) mass is 323 g/mol. The molecule has 0 atom stereocenters. The molecule has 2 heterocycles. The molecule has 5 nitrogen and oxygen atoms in total. The normalized spacial score (nSPS) is 11.4. The second kappa shape index (κ2) is 4.93. The molecule has 0 amide bonds. The quantitative estimate of drug-likeness (QED) is 0.909. The van der Waals surface area contributed by atoms with E-state index in [2.05, 4.69) is 9.71 Å². The number of nitrogen functional groups attached to an aromatic ring is 1. The van der Waals surface area contributed by atoms with Crippen molar-refractivity contribution in [3.05, 3.63) is 33.1 Å². The van der Waals surface area contributed by atoms with Crippen molar-refractivity contribution < 1.29 is 8.42 Å². The number of sulfonamides is 1. The maximum absolute atomic E-state index is 12.0. The Bertz CT molecular complexity index is 668. The first kappa shape index (κ1) is 13.4. The fourth-order valence-electron chi connectivity index (χ4n) is 1.18. The standard InChI is InChI=1S/C9H7Cl2N3O2S2/c10-7-3-6(9(11)17-7)18(15,16)14-5-1-2-8(12)13-4-5/h1-4,14H,(H2,12,13). The molecule has 96 valence electrons. The molecule has 0 fully saturated rings. The molecule has 0 bridgehead atoms. The van der Waals surface area contributed by atoms with E-state index in [1.165, 1.54) is 24.4 Å². The van der Waals surface area contributed by atoms with Crippen molar-refractivity contribution in [2.24, 2.45) is 0 Å². The van der Waals surface area contributed by atoms with Crippen LogP contribution in [-0.2, 0) is 10.0 Å². The summed E-state index contributed by atoms with van der Waals surface area (Å²) in [7, 11) is -3.77. The largest absolute Gasteiger partial charge is 0.384 e. The highest BCUT2D eigenvalue weighted by atomic mass is 35.5. The molecule has 2 aromatic rings. The number of thiophene rings is 1. The summed E-state index contributed by atoms with van der Waals surface area (Å²) in [4.78, 5) is 3.72. The molecular formula is C9H7Cl2N3O2S2. The average molecular weight is 324 g/mol. The van der Waals surface area contributed by atoms with Crippen LogP contribution < -0.4 is 10.5 Å². The second-order valence-corrected chi connectivity index (χ2v) is 7.20. The number of hydrogen-bond donors (Lipinski definition) is 2. The van der Waals surface area contributed by atoms with E-state index in [1.54, 1.807) is 0 Å². The Labute approximate surface area is 118 Å². The number of anilines is 2. The maximum atomic E-state index is 12.0. The number of pyridine rings is 1. The van der Waals surface area contributed by atoms with Gasteiger partial charge in [0.15, 0.2) is 0 Å². The third-order valence-electron chi connectivity index (χ3n) is 1.95. The van der Waals surface area contributed by atoms with E-state index in [0.29, 0.717) is 15.8 Å². The second-order valence-electron chi connectivity index (χ2n) is 3.27. The van der Waals surface area contributed by atoms with Crippen LogP contribution in [0.25, 0.3) is 0 Å². The molecule has 18 heavy (non-hydrogen) atoms. The minimum absolute atomic E-state index is 0.0593. The Morgan fingerprint density at radius 1 is 1.33 bits per heavy atom. The number of aromatic nitrogens is 1. The predicted octanol–water partition coefficient (Wildman–Crippen LogP) is 2.83. The summed E-state index contributed by atoms with van der Waals surface area (Å²) in [6.07, 6.45) is 1.31. The summed E-state index contributed by atoms with van der Waals surface area (Å²) in [5.74, 6) is 0.301. The van der Waals surface area contributed by atoms with Crippen molar-refractivity contribution >= 4 is 56.1 Å². The van der Waals surface area contributed by atoms with Gasteiger partial charge in [-0.05, 0) is 18.2 Å². The van der Waals surface area contributed by atoms with E-state index < -0.39 is 10.0 Å². The van der Waals surface area contributed by atoms with Gasteiger partial charge >= 0.3 is 0 Å². The molecule has 0 aliphatic heterocycles. The third kappa shape index (κ3) is 2.86. The van der Waals surface area contributed by atoms with E-state index in [-0.39, 0.29) is 9.23 Å². The summed E-state index contributed by atoms with van der Waals surface area (Å²) in [6, 6.07) is 4.28. The molecule has 0 spiro atoms. The van der Waals surface area contributed by atoms with Crippen molar-refractivity contribution in [1.29, 1.82) is 0 Å². The summed E-state index contributed by atoms with van der Waals surface area (Å²) >= 11 is 12.5. The lowest BCUT2D eigenvalue weighted by molar-refractivity contribution is 0.601. The number of hydrogen-bond acceptors (Lipinski definition) is 5. The van der Waals surface area contributed by atoms with Crippen molar-refractivity contribution in [1.82, 2.24) is 4.98 Å². The fraction of sp³-hybridized carbons (Fsp3) is 0. The fourth-order valence-corrected chi connectivity index (χ4v) is 4.38. The Kier molecular flexibility index (Phi) is 3.67. The smallest absolute Gasteiger partial charge is 0.264 e. The van der Waals surface area contributed by atoms with Gasteiger partial charge in [-0.25, -0.2) is 13.4 Å². The highest BCUT2D eigenvalue weighted by Gasteiger charge is 2.21. The zero-order chi connectivity index (χ0) is 13.3. The molecule has 2 rings (SSSR count). The van der Waals surface area contributed by atoms with Gasteiger partial charge in [0.2, 0.25) is 0 Å². The van der Waals surface area contributed by atoms with Crippen molar-refractivity contribution in [2.45, 2.75) is 4.90 Å². The summed E-state index contributed by atoms with van der Waals surface area (Å²) in [5, 5.41) is 0. The van der Waals surface area contributed by atoms with Crippen molar-refractivity contribution in [3.8, 4) is 0 Å². The Morgan fingerprint density at radius 3 is 2.56 bits per heavy atom. The molecular weight excluding hydrogens is 317 g/mol. The van der Waals surface area contributed by atoms with Crippen LogP contribution >= 0.6 is 34.5 Å². The lowest BCUT2D eigenvalue weighted by Crippen LogP contribution is -2.12. The molecule has 0 saturated carbocycles. The van der Waals surface area contributed by atoms with Gasteiger partial charge < -0.3 is 5.73 Å². The highest BCUT2D eigenvalue weighted by molar-refractivity contribution is 7.93. The number of nitrogens with two attached hydrogens (primary N) is 1. The van der Waals surface area contributed by atoms with Crippen LogP contribution in [0.2, 0.25) is 8.67 Å². The Hall–Kier alpha value is -1.02. The Morgan fingerprint density at radius 2 is 2.06 bits per heavy atom. The van der Waals surface area contributed by atoms with Crippen LogP contribution in [0.1, 0.15) is 0 Å². The number of halogens is 2. The predicted molar refractivity (Wildman–Crippen MR) is 73.8 cm³/mol. The molecule has 9 heteroatoms. The lowest BCUT2D eigenvalue weighted by atomic mass is 10.4. The molecule has 3 N–H and O–H groups in total. The van der Waals surface area contributed by atoms with Gasteiger partial charge in [0, 0.05) is 0 Å². The lowest BCUT2D eigenvalue weighted by Gasteiger charge is -2.06. The number of rotatable bonds is 3. The summed E-state index contributed by atoms with van der Waals surface area (Å²) in [5.41, 5.74) is 5.70. The van der Waals surface area contributed by atoms with Crippen LogP contribution in [0.5, 0.6) is 0 Å².